The summed E-state index contributed by atoms with van der Waals surface area (Å²) in [6, 6.07) is 15.9. The fraction of sp³-hybridized carbons (Fsp3) is 0.200. The molecule has 17 heavy (non-hydrogen) atoms. The van der Waals surface area contributed by atoms with Crippen LogP contribution in [-0.4, -0.2) is 0 Å². The van der Waals surface area contributed by atoms with Crippen LogP contribution in [0.25, 0.3) is 0 Å². The highest BCUT2D eigenvalue weighted by atomic mass is 31.1. The number of hydrogen-bond acceptors (Lipinski definition) is 1. The normalized spacial score (nSPS) is 11.3. The van der Waals surface area contributed by atoms with Gasteiger partial charge in [-0.3, -0.25) is 4.57 Å². The highest BCUT2D eigenvalue weighted by Gasteiger charge is 2.12. The Morgan fingerprint density at radius 2 is 1.53 bits per heavy atom. The summed E-state index contributed by atoms with van der Waals surface area (Å²) in [7, 11) is -1.47. The number of aryl methyl sites for hydroxylation is 2. The number of hydrogen-bond donors (Lipinski definition) is 0. The molecule has 0 aromatic heterocycles. The lowest BCUT2D eigenvalue weighted by Gasteiger charge is -2.08. The van der Waals surface area contributed by atoms with E-state index in [1.165, 1.54) is 5.56 Å². The molecule has 0 bridgehead atoms. The van der Waals surface area contributed by atoms with E-state index in [0.717, 1.165) is 22.6 Å². The maximum atomic E-state index is 12.6. The largest absolute Gasteiger partial charge is 0.277 e. The van der Waals surface area contributed by atoms with Crippen LogP contribution in [0, 0.1) is 6.92 Å². The maximum absolute atomic E-state index is 12.6. The topological polar surface area (TPSA) is 17.1 Å². The van der Waals surface area contributed by atoms with E-state index in [1.54, 1.807) is 0 Å². The summed E-state index contributed by atoms with van der Waals surface area (Å²) in [5.41, 5.74) is 2.27. The minimum atomic E-state index is -1.47. The molecule has 2 rings (SSSR count). The molecule has 1 nitrogen and oxygen atoms in total. The Labute approximate surface area is 103 Å². The van der Waals surface area contributed by atoms with Gasteiger partial charge in [-0.1, -0.05) is 43.3 Å². The molecule has 0 saturated carbocycles. The van der Waals surface area contributed by atoms with Gasteiger partial charge in [-0.05, 0) is 36.6 Å². The number of rotatable bonds is 3. The molecule has 0 fully saturated rings. The smallest absolute Gasteiger partial charge is 0.137 e. The van der Waals surface area contributed by atoms with Crippen LogP contribution < -0.4 is 10.6 Å². The standard InChI is InChI=1S/C15H16OP/c1-3-13-9-5-7-11-15(13)17(16)14-10-6-4-8-12(14)2/h4-11H,3H2,1-2H3. The molecule has 2 heteroatoms. The Bertz CT molecular complexity index is 546. The van der Waals surface area contributed by atoms with Crippen molar-refractivity contribution in [1.29, 1.82) is 0 Å². The predicted octanol–water partition coefficient (Wildman–Crippen LogP) is 3.34. The summed E-state index contributed by atoms with van der Waals surface area (Å²) < 4.78 is 12.6. The van der Waals surface area contributed by atoms with Crippen molar-refractivity contribution in [2.75, 3.05) is 0 Å². The zero-order valence-electron chi connectivity index (χ0n) is 10.2. The molecule has 1 radical (unpaired) electrons. The summed E-state index contributed by atoms with van der Waals surface area (Å²) in [4.78, 5) is 0. The SMILES string of the molecule is CCc1ccccc1[P](=O)c1ccccc1C. The van der Waals surface area contributed by atoms with Crippen LogP contribution in [0.1, 0.15) is 18.1 Å². The molecule has 0 amide bonds. The van der Waals surface area contributed by atoms with Crippen LogP contribution in [0.15, 0.2) is 48.5 Å². The molecule has 87 valence electrons. The minimum Gasteiger partial charge on any atom is -0.277 e. The zero-order valence-corrected chi connectivity index (χ0v) is 11.1. The average Bonchev–Trinajstić information content (AvgIpc) is 2.38. The summed E-state index contributed by atoms with van der Waals surface area (Å²) in [6.45, 7) is 4.11. The van der Waals surface area contributed by atoms with E-state index in [2.05, 4.69) is 13.0 Å². The van der Waals surface area contributed by atoms with Crippen molar-refractivity contribution in [2.24, 2.45) is 0 Å². The van der Waals surface area contributed by atoms with Gasteiger partial charge in [0, 0.05) is 10.6 Å². The van der Waals surface area contributed by atoms with Gasteiger partial charge in [-0.15, -0.1) is 0 Å². The van der Waals surface area contributed by atoms with E-state index in [0.29, 0.717) is 0 Å². The first kappa shape index (κ1) is 12.0. The fourth-order valence-corrected chi connectivity index (χ4v) is 3.52. The lowest BCUT2D eigenvalue weighted by atomic mass is 10.2. The average molecular weight is 243 g/mol. The van der Waals surface area contributed by atoms with E-state index in [9.17, 15) is 4.57 Å². The highest BCUT2D eigenvalue weighted by Crippen LogP contribution is 2.23. The molecule has 0 aliphatic heterocycles. The van der Waals surface area contributed by atoms with Gasteiger partial charge in [0.2, 0.25) is 0 Å². The van der Waals surface area contributed by atoms with E-state index < -0.39 is 7.80 Å². The molecule has 1 atom stereocenters. The molecule has 0 aliphatic rings. The third-order valence-electron chi connectivity index (χ3n) is 2.93. The quantitative estimate of drug-likeness (QED) is 0.756. The molecule has 2 aromatic rings. The lowest BCUT2D eigenvalue weighted by Crippen LogP contribution is -2.13. The predicted molar refractivity (Wildman–Crippen MR) is 73.9 cm³/mol. The van der Waals surface area contributed by atoms with Crippen LogP contribution in [0.2, 0.25) is 0 Å². The van der Waals surface area contributed by atoms with Crippen LogP contribution in [0.4, 0.5) is 0 Å². The van der Waals surface area contributed by atoms with Gasteiger partial charge in [-0.2, -0.15) is 0 Å². The van der Waals surface area contributed by atoms with Crippen molar-refractivity contribution in [2.45, 2.75) is 20.3 Å². The molecule has 0 spiro atoms. The molecular formula is C15H16OP. The van der Waals surface area contributed by atoms with Gasteiger partial charge in [0.15, 0.2) is 0 Å². The van der Waals surface area contributed by atoms with Crippen molar-refractivity contribution >= 4 is 18.4 Å². The van der Waals surface area contributed by atoms with E-state index in [1.807, 2.05) is 49.4 Å². The Morgan fingerprint density at radius 1 is 0.941 bits per heavy atom. The van der Waals surface area contributed by atoms with Crippen molar-refractivity contribution in [1.82, 2.24) is 0 Å². The van der Waals surface area contributed by atoms with Crippen molar-refractivity contribution < 1.29 is 4.57 Å². The monoisotopic (exact) mass is 243 g/mol. The van der Waals surface area contributed by atoms with Gasteiger partial charge < -0.3 is 0 Å². The molecule has 0 aliphatic carbocycles. The second-order valence-electron chi connectivity index (χ2n) is 4.06. The van der Waals surface area contributed by atoms with Crippen LogP contribution >= 0.6 is 7.80 Å². The molecule has 2 aromatic carbocycles. The van der Waals surface area contributed by atoms with Gasteiger partial charge in [0.05, 0.1) is 0 Å². The van der Waals surface area contributed by atoms with E-state index in [-0.39, 0.29) is 0 Å². The van der Waals surface area contributed by atoms with Gasteiger partial charge >= 0.3 is 0 Å². The van der Waals surface area contributed by atoms with E-state index >= 15 is 0 Å². The highest BCUT2D eigenvalue weighted by molar-refractivity contribution is 7.61. The Hall–Kier alpha value is -1.46. The van der Waals surface area contributed by atoms with Crippen molar-refractivity contribution in [3.05, 3.63) is 59.7 Å². The molecule has 0 N–H and O–H groups in total. The molecule has 0 heterocycles. The zero-order chi connectivity index (χ0) is 12.3. The summed E-state index contributed by atoms with van der Waals surface area (Å²) in [5.74, 6) is 0. The summed E-state index contributed by atoms with van der Waals surface area (Å²) in [6.07, 6.45) is 0.920. The first-order chi connectivity index (χ1) is 8.24. The third-order valence-corrected chi connectivity index (χ3v) is 4.74. The van der Waals surface area contributed by atoms with Crippen LogP contribution in [0.5, 0.6) is 0 Å². The Morgan fingerprint density at radius 3 is 2.18 bits per heavy atom. The first-order valence-electron chi connectivity index (χ1n) is 5.85. The van der Waals surface area contributed by atoms with Gasteiger partial charge in [0.25, 0.3) is 0 Å². The van der Waals surface area contributed by atoms with Crippen molar-refractivity contribution in [3.63, 3.8) is 0 Å². The minimum absolute atomic E-state index is 0.920. The first-order valence-corrected chi connectivity index (χ1v) is 7.10. The van der Waals surface area contributed by atoms with Crippen LogP contribution in [-0.2, 0) is 11.0 Å². The van der Waals surface area contributed by atoms with Gasteiger partial charge in [-0.25, -0.2) is 0 Å². The molecule has 1 unspecified atom stereocenters. The lowest BCUT2D eigenvalue weighted by molar-refractivity contribution is 0.598. The molecule has 0 saturated heterocycles. The van der Waals surface area contributed by atoms with Crippen molar-refractivity contribution in [3.8, 4) is 0 Å². The second-order valence-corrected chi connectivity index (χ2v) is 5.62. The third kappa shape index (κ3) is 2.45. The number of benzene rings is 2. The second kappa shape index (κ2) is 5.25. The summed E-state index contributed by atoms with van der Waals surface area (Å²) >= 11 is 0. The summed E-state index contributed by atoms with van der Waals surface area (Å²) in [5, 5.41) is 1.92. The van der Waals surface area contributed by atoms with Crippen LogP contribution in [0.3, 0.4) is 0 Å². The molecular weight excluding hydrogens is 227 g/mol. The van der Waals surface area contributed by atoms with Gasteiger partial charge in [0.1, 0.15) is 7.80 Å². The maximum Gasteiger partial charge on any atom is 0.137 e. The Balaban J connectivity index is 2.48. The Kier molecular flexibility index (Phi) is 3.71. The fourth-order valence-electron chi connectivity index (χ4n) is 1.93. The van der Waals surface area contributed by atoms with E-state index in [4.69, 9.17) is 0 Å².